The van der Waals surface area contributed by atoms with Crippen LogP contribution in [-0.2, 0) is 23.8 Å². The van der Waals surface area contributed by atoms with E-state index in [0.717, 1.165) is 109 Å². The summed E-state index contributed by atoms with van der Waals surface area (Å²) in [4.78, 5) is 29.7. The van der Waals surface area contributed by atoms with Crippen molar-refractivity contribution in [2.75, 3.05) is 53.6 Å². The molecule has 2 unspecified atom stereocenters. The molecule has 1 rings (SSSR count). The second-order valence-electron chi connectivity index (χ2n) is 19.1. The molecule has 10 heteroatoms. The molecule has 62 heavy (non-hydrogen) atoms. The van der Waals surface area contributed by atoms with Crippen LogP contribution in [0.15, 0.2) is 11.9 Å². The first kappa shape index (κ1) is 58.1. The Morgan fingerprint density at radius 1 is 0.629 bits per heavy atom. The fraction of sp³-hybridized carbons (Fsp3) is 0.923. The van der Waals surface area contributed by atoms with Gasteiger partial charge < -0.3 is 29.9 Å². The summed E-state index contributed by atoms with van der Waals surface area (Å²) in [5.74, 6) is 6.50. The van der Waals surface area contributed by atoms with Crippen LogP contribution < -0.4 is 11.6 Å². The van der Waals surface area contributed by atoms with Crippen LogP contribution in [0.2, 0.25) is 0 Å². The van der Waals surface area contributed by atoms with Crippen molar-refractivity contribution in [1.29, 1.82) is 0 Å². The first-order valence-electron chi connectivity index (χ1n) is 26.5. The lowest BCUT2D eigenvalue weighted by atomic mass is 10.0. The van der Waals surface area contributed by atoms with Gasteiger partial charge in [0.05, 0.1) is 19.3 Å². The van der Waals surface area contributed by atoms with Gasteiger partial charge in [-0.25, -0.2) is 5.84 Å². The molecule has 0 aromatic heterocycles. The van der Waals surface area contributed by atoms with E-state index >= 15 is 0 Å². The minimum atomic E-state index is -0.0539. The molecule has 4 N–H and O–H groups in total. The van der Waals surface area contributed by atoms with Gasteiger partial charge in [-0.2, -0.15) is 0 Å². The molecule has 1 heterocycles. The van der Waals surface area contributed by atoms with E-state index in [2.05, 4.69) is 25.7 Å². The summed E-state index contributed by atoms with van der Waals surface area (Å²) in [5.41, 5.74) is 7.03. The van der Waals surface area contributed by atoms with Crippen LogP contribution in [0.4, 0.5) is 0 Å². The molecule has 1 aliphatic heterocycles. The average Bonchev–Trinajstić information content (AvgIpc) is 3.65. The number of likely N-dealkylation sites (N-methyl/N-ethyl adjacent to an activating group) is 1. The van der Waals surface area contributed by atoms with Crippen LogP contribution in [0.3, 0.4) is 0 Å². The van der Waals surface area contributed by atoms with Gasteiger partial charge in [-0.3, -0.25) is 14.5 Å². The van der Waals surface area contributed by atoms with E-state index in [9.17, 15) is 9.59 Å². The molecule has 0 amide bonds. The quantitative estimate of drug-likeness (QED) is 0.0264. The minimum absolute atomic E-state index is 0.00346. The number of rotatable bonds is 45. The second kappa shape index (κ2) is 41.8. The lowest BCUT2D eigenvalue weighted by molar-refractivity contribution is -0.150. The summed E-state index contributed by atoms with van der Waals surface area (Å²) < 4.78 is 17.9. The summed E-state index contributed by atoms with van der Waals surface area (Å²) in [5, 5.41) is 1.80. The lowest BCUT2D eigenvalue weighted by Crippen LogP contribution is -2.40. The molecule has 2 atom stereocenters. The van der Waals surface area contributed by atoms with Gasteiger partial charge in [-0.1, -0.05) is 162 Å². The smallest absolute Gasteiger partial charge is 0.306 e. The van der Waals surface area contributed by atoms with Crippen LogP contribution in [0.25, 0.3) is 0 Å². The Morgan fingerprint density at radius 2 is 1.10 bits per heavy atom. The van der Waals surface area contributed by atoms with Crippen LogP contribution in [-0.4, -0.2) is 98.5 Å². The maximum Gasteiger partial charge on any atom is 0.306 e. The van der Waals surface area contributed by atoms with Crippen molar-refractivity contribution < 1.29 is 23.8 Å². The number of carbonyl (C=O) groups excluding carboxylic acids is 2. The fourth-order valence-electron chi connectivity index (χ4n) is 8.79. The minimum Gasteiger partial charge on any atom is -0.466 e. The van der Waals surface area contributed by atoms with Crippen molar-refractivity contribution in [1.82, 2.24) is 14.8 Å². The number of hydrazine groups is 1. The summed E-state index contributed by atoms with van der Waals surface area (Å²) >= 11 is 0. The lowest BCUT2D eigenvalue weighted by Gasteiger charge is -2.25. The molecular weight excluding hydrogens is 775 g/mol. The van der Waals surface area contributed by atoms with Gasteiger partial charge in [0.25, 0.3) is 0 Å². The molecule has 0 radical (unpaired) electrons. The van der Waals surface area contributed by atoms with E-state index in [-0.39, 0.29) is 24.1 Å². The van der Waals surface area contributed by atoms with E-state index in [1.54, 1.807) is 5.01 Å². The third-order valence-electron chi connectivity index (χ3n) is 12.6. The number of likely N-dealkylation sites (tertiary alicyclic amines) is 1. The molecule has 0 aromatic carbocycles. The molecule has 0 spiro atoms. The van der Waals surface area contributed by atoms with E-state index in [1.807, 2.05) is 25.2 Å². The molecule has 10 nitrogen and oxygen atoms in total. The molecule has 0 aromatic rings. The Bertz CT molecular complexity index is 1040. The van der Waals surface area contributed by atoms with Crippen molar-refractivity contribution in [3.05, 3.63) is 11.9 Å². The molecular formula is C52H103N5O5. The molecule has 0 saturated carbocycles. The Kier molecular flexibility index (Phi) is 39.2. The number of hydrogen-bond donors (Lipinski definition) is 2. The van der Waals surface area contributed by atoms with Crippen molar-refractivity contribution in [2.45, 2.75) is 257 Å². The van der Waals surface area contributed by atoms with Gasteiger partial charge in [0, 0.05) is 50.5 Å². The zero-order valence-electron chi connectivity index (χ0n) is 41.6. The zero-order valence-corrected chi connectivity index (χ0v) is 41.6. The summed E-state index contributed by atoms with van der Waals surface area (Å²) in [6.07, 6.45) is 40.8. The predicted octanol–water partition coefficient (Wildman–Crippen LogP) is 12.4. The van der Waals surface area contributed by atoms with E-state index in [4.69, 9.17) is 25.8 Å². The number of carbonyl (C=O) groups is 2. The highest BCUT2D eigenvalue weighted by molar-refractivity contribution is 5.69. The van der Waals surface area contributed by atoms with Crippen molar-refractivity contribution in [3.63, 3.8) is 0 Å². The number of nitrogens with two attached hydrogens (primary N) is 2. The highest BCUT2D eigenvalue weighted by Crippen LogP contribution is 2.23. The molecule has 1 fully saturated rings. The zero-order chi connectivity index (χ0) is 45.3. The van der Waals surface area contributed by atoms with Gasteiger partial charge in [0.15, 0.2) is 0 Å². The highest BCUT2D eigenvalue weighted by atomic mass is 16.5. The average molecular weight is 878 g/mol. The van der Waals surface area contributed by atoms with Gasteiger partial charge in [-0.05, 0) is 84.8 Å². The maximum atomic E-state index is 12.8. The Hall–Kier alpha value is -1.88. The van der Waals surface area contributed by atoms with Crippen molar-refractivity contribution in [2.24, 2.45) is 11.6 Å². The third-order valence-corrected chi connectivity index (χ3v) is 12.6. The number of ether oxygens (including phenoxy) is 3. The molecule has 1 saturated heterocycles. The van der Waals surface area contributed by atoms with Crippen LogP contribution in [0.1, 0.15) is 239 Å². The Balaban J connectivity index is 2.37. The fourth-order valence-corrected chi connectivity index (χ4v) is 8.79. The first-order valence-corrected chi connectivity index (χ1v) is 26.5. The number of esters is 2. The van der Waals surface area contributed by atoms with E-state index in [1.165, 1.54) is 122 Å². The standard InChI is InChI=1S/C52H103N5O5/c1-6-9-12-15-18-19-20-26-34-41-61-51(58)37-31-27-32-39-56-45-48(57(54)44-47(53)43-55(4)5)42-49(56)46-60-40-33-25-21-24-30-38-52(59)62-50(35-28-22-16-13-10-7-2)36-29-23-17-14-11-8-3/h44,48-50H,6-43,45-46,53-54H2,1-5H3/b47-44-. The summed E-state index contributed by atoms with van der Waals surface area (Å²) in [6, 6.07) is 0.473. The van der Waals surface area contributed by atoms with Crippen LogP contribution in [0, 0.1) is 0 Å². The topological polar surface area (TPSA) is 124 Å². The molecule has 1 aliphatic rings. The van der Waals surface area contributed by atoms with Gasteiger partial charge >= 0.3 is 11.9 Å². The molecule has 0 aliphatic carbocycles. The maximum absolute atomic E-state index is 12.8. The van der Waals surface area contributed by atoms with Crippen LogP contribution >= 0.6 is 0 Å². The monoisotopic (exact) mass is 878 g/mol. The number of unbranched alkanes of at least 4 members (excludes halogenated alkanes) is 24. The first-order chi connectivity index (χ1) is 30.2. The second-order valence-corrected chi connectivity index (χ2v) is 19.1. The number of nitrogens with zero attached hydrogens (tertiary/aromatic N) is 3. The largest absolute Gasteiger partial charge is 0.466 e. The third kappa shape index (κ3) is 34.5. The molecule has 0 bridgehead atoms. The SMILES string of the molecule is CCCCCCCCCCCOC(=O)CCCCCN1CC(N(N)/C=C(\N)CN(C)C)CC1COCCCCCCCC(=O)OC(CCCCCCCC)CCCCCCCC. The summed E-state index contributed by atoms with van der Waals surface area (Å²) in [6.45, 7) is 11.3. The predicted molar refractivity (Wildman–Crippen MR) is 262 cm³/mol. The van der Waals surface area contributed by atoms with Gasteiger partial charge in [0.2, 0.25) is 0 Å². The van der Waals surface area contributed by atoms with E-state index < -0.39 is 0 Å². The molecule has 366 valence electrons. The Labute approximate surface area is 383 Å². The van der Waals surface area contributed by atoms with Crippen molar-refractivity contribution >= 4 is 11.9 Å². The van der Waals surface area contributed by atoms with Crippen molar-refractivity contribution in [3.8, 4) is 0 Å². The van der Waals surface area contributed by atoms with Gasteiger partial charge in [0.1, 0.15) is 6.10 Å². The van der Waals surface area contributed by atoms with Gasteiger partial charge in [-0.15, -0.1) is 0 Å². The van der Waals surface area contributed by atoms with E-state index in [0.29, 0.717) is 38.6 Å². The normalized spacial score (nSPS) is 15.9. The summed E-state index contributed by atoms with van der Waals surface area (Å²) in [7, 11) is 4.01. The van der Waals surface area contributed by atoms with Crippen LogP contribution in [0.5, 0.6) is 0 Å². The highest BCUT2D eigenvalue weighted by Gasteiger charge is 2.34. The Morgan fingerprint density at radius 3 is 1.65 bits per heavy atom. The number of hydrogen-bond acceptors (Lipinski definition) is 10.